The Morgan fingerprint density at radius 1 is 0.970 bits per heavy atom. The summed E-state index contributed by atoms with van der Waals surface area (Å²) in [7, 11) is 1.59. The van der Waals surface area contributed by atoms with Gasteiger partial charge < -0.3 is 10.1 Å². The lowest BCUT2D eigenvalue weighted by Crippen LogP contribution is -2.23. The van der Waals surface area contributed by atoms with E-state index < -0.39 is 5.25 Å². The first-order valence-corrected chi connectivity index (χ1v) is 11.5. The fraction of sp³-hybridized carbons (Fsp3) is 0.192. The number of aryl methyl sites for hydroxylation is 2. The molecule has 4 aromatic rings. The fourth-order valence-corrected chi connectivity index (χ4v) is 4.28. The fourth-order valence-electron chi connectivity index (χ4n) is 3.41. The summed E-state index contributed by atoms with van der Waals surface area (Å²) in [5, 5.41) is 12.1. The molecular formula is C26H26N4O2S. The van der Waals surface area contributed by atoms with E-state index in [0.717, 1.165) is 22.6 Å². The predicted molar refractivity (Wildman–Crippen MR) is 133 cm³/mol. The smallest absolute Gasteiger partial charge is 0.237 e. The highest BCUT2D eigenvalue weighted by Gasteiger charge is 2.22. The molecule has 1 atom stereocenters. The highest BCUT2D eigenvalue weighted by molar-refractivity contribution is 8.00. The third-order valence-corrected chi connectivity index (χ3v) is 6.26. The second-order valence-electron chi connectivity index (χ2n) is 7.80. The van der Waals surface area contributed by atoms with E-state index in [1.54, 1.807) is 7.11 Å². The number of hydrogen-bond donors (Lipinski definition) is 1. The molecule has 0 aliphatic carbocycles. The lowest BCUT2D eigenvalue weighted by Gasteiger charge is -2.16. The minimum absolute atomic E-state index is 0.136. The van der Waals surface area contributed by atoms with Gasteiger partial charge in [-0.3, -0.25) is 9.36 Å². The number of carbonyl (C=O) groups excluding carboxylic acids is 1. The number of methoxy groups -OCH3 is 1. The maximum Gasteiger partial charge on any atom is 0.237 e. The first-order valence-electron chi connectivity index (χ1n) is 10.7. The average Bonchev–Trinajstić information content (AvgIpc) is 3.23. The van der Waals surface area contributed by atoms with Gasteiger partial charge in [0.05, 0.1) is 18.0 Å². The Balaban J connectivity index is 1.64. The largest absolute Gasteiger partial charge is 0.495 e. The summed E-state index contributed by atoms with van der Waals surface area (Å²) in [6.07, 6.45) is 0. The Labute approximate surface area is 198 Å². The van der Waals surface area contributed by atoms with Crippen LogP contribution in [0, 0.1) is 13.8 Å². The maximum atomic E-state index is 13.0. The van der Waals surface area contributed by atoms with Gasteiger partial charge in [-0.15, -0.1) is 10.2 Å². The highest BCUT2D eigenvalue weighted by Crippen LogP contribution is 2.31. The van der Waals surface area contributed by atoms with Gasteiger partial charge in [0.15, 0.2) is 11.0 Å². The monoisotopic (exact) mass is 458 g/mol. The summed E-state index contributed by atoms with van der Waals surface area (Å²) >= 11 is 1.37. The molecule has 7 heteroatoms. The topological polar surface area (TPSA) is 69.0 Å². The minimum Gasteiger partial charge on any atom is -0.495 e. The number of rotatable bonds is 7. The van der Waals surface area contributed by atoms with Gasteiger partial charge in [-0.2, -0.15) is 0 Å². The number of amides is 1. The van der Waals surface area contributed by atoms with Crippen molar-refractivity contribution in [1.29, 1.82) is 0 Å². The molecule has 0 fully saturated rings. The van der Waals surface area contributed by atoms with Crippen LogP contribution in [-0.4, -0.2) is 33.0 Å². The zero-order chi connectivity index (χ0) is 23.4. The van der Waals surface area contributed by atoms with Crippen LogP contribution in [0.15, 0.2) is 78.0 Å². The van der Waals surface area contributed by atoms with Gasteiger partial charge in [0, 0.05) is 11.3 Å². The van der Waals surface area contributed by atoms with Gasteiger partial charge in [0.1, 0.15) is 5.75 Å². The number of ether oxygens (including phenoxy) is 1. The number of anilines is 1. The molecule has 33 heavy (non-hydrogen) atoms. The summed E-state index contributed by atoms with van der Waals surface area (Å²) in [4.78, 5) is 13.0. The lowest BCUT2D eigenvalue weighted by atomic mass is 10.2. The van der Waals surface area contributed by atoms with E-state index in [4.69, 9.17) is 4.74 Å². The van der Waals surface area contributed by atoms with Crippen LogP contribution in [-0.2, 0) is 4.79 Å². The molecule has 1 aromatic heterocycles. The molecule has 0 aliphatic rings. The molecular weight excluding hydrogens is 432 g/mol. The molecule has 6 nitrogen and oxygen atoms in total. The van der Waals surface area contributed by atoms with Crippen molar-refractivity contribution in [2.75, 3.05) is 12.4 Å². The number of aromatic nitrogens is 3. The van der Waals surface area contributed by atoms with Crippen molar-refractivity contribution in [3.8, 4) is 22.8 Å². The van der Waals surface area contributed by atoms with Gasteiger partial charge in [0.25, 0.3) is 0 Å². The SMILES string of the molecule is COc1ccc(C)cc1NC(=O)C(C)Sc1nnc(-c2ccccc2)n1-c1ccc(C)cc1. The number of nitrogens with one attached hydrogen (secondary N) is 1. The van der Waals surface area contributed by atoms with Gasteiger partial charge >= 0.3 is 0 Å². The van der Waals surface area contributed by atoms with E-state index in [0.29, 0.717) is 16.6 Å². The molecule has 1 heterocycles. The number of nitrogens with zero attached hydrogens (tertiary/aromatic N) is 3. The van der Waals surface area contributed by atoms with E-state index in [-0.39, 0.29) is 5.91 Å². The van der Waals surface area contributed by atoms with E-state index in [1.807, 2.05) is 79.1 Å². The van der Waals surface area contributed by atoms with Crippen LogP contribution in [0.3, 0.4) is 0 Å². The number of benzene rings is 3. The first kappa shape index (κ1) is 22.6. The Hall–Kier alpha value is -3.58. The molecule has 3 aromatic carbocycles. The van der Waals surface area contributed by atoms with Gasteiger partial charge in [0.2, 0.25) is 5.91 Å². The molecule has 0 saturated carbocycles. The van der Waals surface area contributed by atoms with Crippen molar-refractivity contribution < 1.29 is 9.53 Å². The van der Waals surface area contributed by atoms with E-state index in [2.05, 4.69) is 34.6 Å². The Morgan fingerprint density at radius 3 is 2.36 bits per heavy atom. The quantitative estimate of drug-likeness (QED) is 0.361. The average molecular weight is 459 g/mol. The zero-order valence-electron chi connectivity index (χ0n) is 19.1. The zero-order valence-corrected chi connectivity index (χ0v) is 19.9. The summed E-state index contributed by atoms with van der Waals surface area (Å²) in [5.74, 6) is 1.22. The standard InChI is InChI=1S/C26H26N4O2S/c1-17-10-13-21(14-11-17)30-24(20-8-6-5-7-9-20)28-29-26(30)33-19(3)25(31)27-22-16-18(2)12-15-23(22)32-4/h5-16,19H,1-4H3,(H,27,31). The Morgan fingerprint density at radius 2 is 1.67 bits per heavy atom. The number of hydrogen-bond acceptors (Lipinski definition) is 5. The maximum absolute atomic E-state index is 13.0. The van der Waals surface area contributed by atoms with Crippen LogP contribution in [0.5, 0.6) is 5.75 Å². The molecule has 1 unspecified atom stereocenters. The third kappa shape index (κ3) is 5.09. The molecule has 168 valence electrons. The van der Waals surface area contributed by atoms with Crippen LogP contribution in [0.1, 0.15) is 18.1 Å². The summed E-state index contributed by atoms with van der Waals surface area (Å²) in [5.41, 5.74) is 4.76. The van der Waals surface area contributed by atoms with Crippen molar-refractivity contribution in [2.45, 2.75) is 31.2 Å². The van der Waals surface area contributed by atoms with Crippen LogP contribution in [0.25, 0.3) is 17.1 Å². The number of carbonyl (C=O) groups is 1. The molecule has 1 N–H and O–H groups in total. The lowest BCUT2D eigenvalue weighted by molar-refractivity contribution is -0.115. The molecule has 1 amide bonds. The van der Waals surface area contributed by atoms with E-state index in [1.165, 1.54) is 17.3 Å². The molecule has 0 radical (unpaired) electrons. The second-order valence-corrected chi connectivity index (χ2v) is 9.10. The van der Waals surface area contributed by atoms with Crippen molar-refractivity contribution in [3.63, 3.8) is 0 Å². The van der Waals surface area contributed by atoms with Crippen molar-refractivity contribution in [1.82, 2.24) is 14.8 Å². The third-order valence-electron chi connectivity index (χ3n) is 5.22. The summed E-state index contributed by atoms with van der Waals surface area (Å²) in [6.45, 7) is 5.89. The Bertz CT molecular complexity index is 1250. The van der Waals surface area contributed by atoms with Gasteiger partial charge in [-0.1, -0.05) is 65.9 Å². The predicted octanol–water partition coefficient (Wildman–Crippen LogP) is 5.68. The highest BCUT2D eigenvalue weighted by atomic mass is 32.2. The second kappa shape index (κ2) is 9.92. The summed E-state index contributed by atoms with van der Waals surface area (Å²) in [6, 6.07) is 23.8. The van der Waals surface area contributed by atoms with Gasteiger partial charge in [-0.05, 0) is 50.6 Å². The molecule has 4 rings (SSSR count). The molecule has 0 bridgehead atoms. The minimum atomic E-state index is -0.410. The van der Waals surface area contributed by atoms with Crippen molar-refractivity contribution in [3.05, 3.63) is 83.9 Å². The van der Waals surface area contributed by atoms with Crippen LogP contribution >= 0.6 is 11.8 Å². The van der Waals surface area contributed by atoms with E-state index in [9.17, 15) is 4.79 Å². The Kier molecular flexibility index (Phi) is 6.79. The molecule has 0 aliphatic heterocycles. The normalized spacial score (nSPS) is 11.8. The van der Waals surface area contributed by atoms with Gasteiger partial charge in [-0.25, -0.2) is 0 Å². The summed E-state index contributed by atoms with van der Waals surface area (Å²) < 4.78 is 7.39. The van der Waals surface area contributed by atoms with Crippen molar-refractivity contribution in [2.24, 2.45) is 0 Å². The van der Waals surface area contributed by atoms with Crippen LogP contribution in [0.4, 0.5) is 5.69 Å². The molecule has 0 saturated heterocycles. The number of thioether (sulfide) groups is 1. The van der Waals surface area contributed by atoms with Crippen LogP contribution in [0.2, 0.25) is 0 Å². The van der Waals surface area contributed by atoms with Crippen molar-refractivity contribution >= 4 is 23.4 Å². The molecule has 0 spiro atoms. The van der Waals surface area contributed by atoms with E-state index >= 15 is 0 Å². The van der Waals surface area contributed by atoms with Crippen LogP contribution < -0.4 is 10.1 Å². The first-order chi connectivity index (χ1) is 16.0.